The molecule has 25 heavy (non-hydrogen) atoms. The number of nitrogens with zero attached hydrogens (tertiary/aromatic N) is 2. The lowest BCUT2D eigenvalue weighted by molar-refractivity contribution is 0.0945. The SMILES string of the molecule is CCOc1cc(C(=O)NCc2ccccc2F)nn1-c1ccccc1. The largest absolute Gasteiger partial charge is 0.478 e. The summed E-state index contributed by atoms with van der Waals surface area (Å²) in [5, 5.41) is 7.00. The molecule has 0 aliphatic carbocycles. The average molecular weight is 339 g/mol. The summed E-state index contributed by atoms with van der Waals surface area (Å²) in [6, 6.07) is 17.3. The maximum atomic E-state index is 13.6. The van der Waals surface area contributed by atoms with Gasteiger partial charge in [0.2, 0.25) is 5.88 Å². The van der Waals surface area contributed by atoms with Gasteiger partial charge in [-0.1, -0.05) is 36.4 Å². The molecule has 0 aliphatic heterocycles. The van der Waals surface area contributed by atoms with Gasteiger partial charge in [0.25, 0.3) is 5.91 Å². The zero-order chi connectivity index (χ0) is 17.6. The molecule has 0 unspecified atom stereocenters. The van der Waals surface area contributed by atoms with E-state index in [1.54, 1.807) is 28.9 Å². The van der Waals surface area contributed by atoms with Crippen LogP contribution < -0.4 is 10.1 Å². The van der Waals surface area contributed by atoms with E-state index in [2.05, 4.69) is 10.4 Å². The summed E-state index contributed by atoms with van der Waals surface area (Å²) in [6.07, 6.45) is 0. The van der Waals surface area contributed by atoms with Crippen molar-refractivity contribution in [2.75, 3.05) is 6.61 Å². The van der Waals surface area contributed by atoms with Gasteiger partial charge < -0.3 is 10.1 Å². The molecular weight excluding hydrogens is 321 g/mol. The predicted octanol–water partition coefficient (Wildman–Crippen LogP) is 3.34. The Morgan fingerprint density at radius 1 is 1.16 bits per heavy atom. The topological polar surface area (TPSA) is 56.1 Å². The molecule has 0 spiro atoms. The van der Waals surface area contributed by atoms with Crippen LogP contribution in [0.5, 0.6) is 5.88 Å². The number of hydrogen-bond acceptors (Lipinski definition) is 3. The van der Waals surface area contributed by atoms with Gasteiger partial charge in [0.1, 0.15) is 5.82 Å². The van der Waals surface area contributed by atoms with Crippen LogP contribution in [0, 0.1) is 5.82 Å². The lowest BCUT2D eigenvalue weighted by Gasteiger charge is -2.06. The minimum absolute atomic E-state index is 0.0909. The second-order valence-corrected chi connectivity index (χ2v) is 5.32. The summed E-state index contributed by atoms with van der Waals surface area (Å²) >= 11 is 0. The van der Waals surface area contributed by atoms with E-state index >= 15 is 0 Å². The maximum absolute atomic E-state index is 13.6. The number of amides is 1. The van der Waals surface area contributed by atoms with Crippen LogP contribution in [0.15, 0.2) is 60.7 Å². The Bertz CT molecular complexity index is 862. The van der Waals surface area contributed by atoms with Crippen molar-refractivity contribution in [1.29, 1.82) is 0 Å². The summed E-state index contributed by atoms with van der Waals surface area (Å²) in [6.45, 7) is 2.41. The molecule has 128 valence electrons. The average Bonchev–Trinajstić information content (AvgIpc) is 3.06. The molecule has 0 saturated carbocycles. The zero-order valence-electron chi connectivity index (χ0n) is 13.8. The Kier molecular flexibility index (Phi) is 5.09. The number of carbonyl (C=O) groups excluding carboxylic acids is 1. The summed E-state index contributed by atoms with van der Waals surface area (Å²) < 4.78 is 20.8. The smallest absolute Gasteiger partial charge is 0.272 e. The van der Waals surface area contributed by atoms with Crippen molar-refractivity contribution in [1.82, 2.24) is 15.1 Å². The predicted molar refractivity (Wildman–Crippen MR) is 92.3 cm³/mol. The van der Waals surface area contributed by atoms with Crippen molar-refractivity contribution in [2.24, 2.45) is 0 Å². The van der Waals surface area contributed by atoms with Crippen molar-refractivity contribution >= 4 is 5.91 Å². The molecule has 0 radical (unpaired) electrons. The van der Waals surface area contributed by atoms with E-state index in [1.807, 2.05) is 37.3 Å². The number of nitrogens with one attached hydrogen (secondary N) is 1. The van der Waals surface area contributed by atoms with Gasteiger partial charge in [-0.05, 0) is 25.1 Å². The van der Waals surface area contributed by atoms with Crippen molar-refractivity contribution in [3.63, 3.8) is 0 Å². The van der Waals surface area contributed by atoms with Crippen molar-refractivity contribution in [3.05, 3.63) is 77.7 Å². The fourth-order valence-electron chi connectivity index (χ4n) is 2.39. The van der Waals surface area contributed by atoms with E-state index in [4.69, 9.17) is 4.74 Å². The van der Waals surface area contributed by atoms with Gasteiger partial charge >= 0.3 is 0 Å². The Hall–Kier alpha value is -3.15. The molecule has 0 fully saturated rings. The lowest BCUT2D eigenvalue weighted by atomic mass is 10.2. The van der Waals surface area contributed by atoms with Gasteiger partial charge in [0.05, 0.1) is 12.3 Å². The molecule has 0 saturated heterocycles. The van der Waals surface area contributed by atoms with E-state index < -0.39 is 0 Å². The van der Waals surface area contributed by atoms with Crippen molar-refractivity contribution in [2.45, 2.75) is 13.5 Å². The molecule has 0 aliphatic rings. The third-order valence-electron chi connectivity index (χ3n) is 3.60. The minimum atomic E-state index is -0.390. The van der Waals surface area contributed by atoms with Crippen LogP contribution >= 0.6 is 0 Å². The highest BCUT2D eigenvalue weighted by Crippen LogP contribution is 2.19. The van der Waals surface area contributed by atoms with E-state index in [-0.39, 0.29) is 24.0 Å². The summed E-state index contributed by atoms with van der Waals surface area (Å²) in [4.78, 5) is 12.4. The number of carbonyl (C=O) groups is 1. The van der Waals surface area contributed by atoms with Crippen LogP contribution in [0.25, 0.3) is 5.69 Å². The molecule has 1 amide bonds. The van der Waals surface area contributed by atoms with Gasteiger partial charge in [-0.3, -0.25) is 4.79 Å². The summed E-state index contributed by atoms with van der Waals surface area (Å²) in [5.74, 6) is -0.267. The number of halogens is 1. The van der Waals surface area contributed by atoms with Gasteiger partial charge in [0.15, 0.2) is 5.69 Å². The second-order valence-electron chi connectivity index (χ2n) is 5.32. The normalized spacial score (nSPS) is 10.5. The fourth-order valence-corrected chi connectivity index (χ4v) is 2.39. The second kappa shape index (κ2) is 7.61. The first-order chi connectivity index (χ1) is 12.2. The Balaban J connectivity index is 1.80. The first-order valence-corrected chi connectivity index (χ1v) is 7.99. The molecule has 2 aromatic carbocycles. The van der Waals surface area contributed by atoms with Gasteiger partial charge in [-0.15, -0.1) is 0 Å². The number of rotatable bonds is 6. The molecule has 6 heteroatoms. The molecule has 3 rings (SSSR count). The quantitative estimate of drug-likeness (QED) is 0.749. The highest BCUT2D eigenvalue weighted by atomic mass is 19.1. The molecule has 5 nitrogen and oxygen atoms in total. The van der Waals surface area contributed by atoms with Crippen LogP contribution in [0.4, 0.5) is 4.39 Å². The van der Waals surface area contributed by atoms with Gasteiger partial charge in [-0.25, -0.2) is 9.07 Å². The summed E-state index contributed by atoms with van der Waals surface area (Å²) in [7, 11) is 0. The van der Waals surface area contributed by atoms with Crippen LogP contribution in [0.1, 0.15) is 23.0 Å². The lowest BCUT2D eigenvalue weighted by Crippen LogP contribution is -2.23. The molecule has 1 heterocycles. The zero-order valence-corrected chi connectivity index (χ0v) is 13.8. The third kappa shape index (κ3) is 3.85. The minimum Gasteiger partial charge on any atom is -0.478 e. The molecular formula is C19H18FN3O2. The molecule has 3 aromatic rings. The maximum Gasteiger partial charge on any atom is 0.272 e. The Labute approximate surface area is 145 Å². The standard InChI is InChI=1S/C19H18FN3O2/c1-2-25-18-12-17(22-23(18)15-9-4-3-5-10-15)19(24)21-13-14-8-6-7-11-16(14)20/h3-12H,2,13H2,1H3,(H,21,24). The highest BCUT2D eigenvalue weighted by molar-refractivity contribution is 5.92. The Morgan fingerprint density at radius 2 is 1.88 bits per heavy atom. The first-order valence-electron chi connectivity index (χ1n) is 7.99. The third-order valence-corrected chi connectivity index (χ3v) is 3.60. The summed E-state index contributed by atoms with van der Waals surface area (Å²) in [5.41, 5.74) is 1.42. The van der Waals surface area contributed by atoms with Crippen molar-refractivity contribution in [3.8, 4) is 11.6 Å². The number of benzene rings is 2. The first kappa shape index (κ1) is 16.7. The van der Waals surface area contributed by atoms with Gasteiger partial charge in [-0.2, -0.15) is 5.10 Å². The highest BCUT2D eigenvalue weighted by Gasteiger charge is 2.16. The van der Waals surface area contributed by atoms with E-state index in [0.717, 1.165) is 5.69 Å². The monoisotopic (exact) mass is 339 g/mol. The van der Waals surface area contributed by atoms with E-state index in [0.29, 0.717) is 18.1 Å². The van der Waals surface area contributed by atoms with Crippen LogP contribution in [0.2, 0.25) is 0 Å². The number of para-hydroxylation sites is 1. The van der Waals surface area contributed by atoms with E-state index in [9.17, 15) is 9.18 Å². The fraction of sp³-hybridized carbons (Fsp3) is 0.158. The molecule has 0 bridgehead atoms. The molecule has 0 atom stereocenters. The Morgan fingerprint density at radius 3 is 2.60 bits per heavy atom. The number of hydrogen-bond donors (Lipinski definition) is 1. The van der Waals surface area contributed by atoms with Gasteiger partial charge in [0, 0.05) is 18.2 Å². The number of aromatic nitrogens is 2. The number of ether oxygens (including phenoxy) is 1. The van der Waals surface area contributed by atoms with Crippen LogP contribution in [-0.4, -0.2) is 22.3 Å². The van der Waals surface area contributed by atoms with E-state index in [1.165, 1.54) is 6.07 Å². The van der Waals surface area contributed by atoms with Crippen LogP contribution in [-0.2, 0) is 6.54 Å². The molecule has 1 N–H and O–H groups in total. The van der Waals surface area contributed by atoms with Crippen LogP contribution in [0.3, 0.4) is 0 Å². The van der Waals surface area contributed by atoms with Crippen molar-refractivity contribution < 1.29 is 13.9 Å². The molecule has 1 aromatic heterocycles.